The molecule has 0 aromatic heterocycles. The summed E-state index contributed by atoms with van der Waals surface area (Å²) in [4.78, 5) is 0. The molecule has 0 unspecified atom stereocenters. The standard InChI is InChI=1S/C6H5ClF2/c7-5-2-1-3-6(8,9)4-5/h1,3-4H,2H2. The normalized spacial score (nSPS) is 23.7. The van der Waals surface area contributed by atoms with Gasteiger partial charge in [0.2, 0.25) is 0 Å². The third kappa shape index (κ3) is 1.79. The van der Waals surface area contributed by atoms with Gasteiger partial charge in [-0.15, -0.1) is 0 Å². The van der Waals surface area contributed by atoms with Gasteiger partial charge in [0.25, 0.3) is 5.92 Å². The van der Waals surface area contributed by atoms with Crippen LogP contribution in [-0.2, 0) is 0 Å². The van der Waals surface area contributed by atoms with Crippen LogP contribution in [0, 0.1) is 0 Å². The van der Waals surface area contributed by atoms with Gasteiger partial charge >= 0.3 is 0 Å². The lowest BCUT2D eigenvalue weighted by atomic mass is 10.1. The third-order valence-electron chi connectivity index (χ3n) is 1.00. The molecule has 0 radical (unpaired) electrons. The lowest BCUT2D eigenvalue weighted by Gasteiger charge is -2.10. The predicted molar refractivity (Wildman–Crippen MR) is 32.6 cm³/mol. The van der Waals surface area contributed by atoms with E-state index in [1.165, 1.54) is 6.08 Å². The van der Waals surface area contributed by atoms with Crippen molar-refractivity contribution in [2.24, 2.45) is 0 Å². The zero-order valence-corrected chi connectivity index (χ0v) is 5.33. The van der Waals surface area contributed by atoms with E-state index in [9.17, 15) is 8.78 Å². The molecule has 0 saturated carbocycles. The zero-order chi connectivity index (χ0) is 6.91. The second-order valence-electron chi connectivity index (χ2n) is 1.87. The van der Waals surface area contributed by atoms with E-state index in [1.807, 2.05) is 0 Å². The second kappa shape index (κ2) is 2.10. The van der Waals surface area contributed by atoms with Crippen molar-refractivity contribution in [3.05, 3.63) is 23.3 Å². The fourth-order valence-corrected chi connectivity index (χ4v) is 0.879. The van der Waals surface area contributed by atoms with Gasteiger partial charge in [-0.3, -0.25) is 0 Å². The minimum Gasteiger partial charge on any atom is -0.197 e. The maximum absolute atomic E-state index is 12.2. The van der Waals surface area contributed by atoms with Crippen LogP contribution in [0.3, 0.4) is 0 Å². The van der Waals surface area contributed by atoms with Crippen molar-refractivity contribution in [2.75, 3.05) is 0 Å². The molecule has 0 aromatic rings. The molecule has 1 aliphatic rings. The van der Waals surface area contributed by atoms with Gasteiger partial charge in [-0.05, 0) is 6.08 Å². The van der Waals surface area contributed by atoms with Crippen molar-refractivity contribution in [2.45, 2.75) is 12.3 Å². The van der Waals surface area contributed by atoms with E-state index in [2.05, 4.69) is 0 Å². The molecule has 0 fully saturated rings. The minimum atomic E-state index is -2.82. The molecule has 0 nitrogen and oxygen atoms in total. The molecule has 0 bridgehead atoms. The molecule has 3 heteroatoms. The van der Waals surface area contributed by atoms with Gasteiger partial charge in [-0.1, -0.05) is 17.7 Å². The minimum absolute atomic E-state index is 0.211. The van der Waals surface area contributed by atoms with Crippen LogP contribution in [0.4, 0.5) is 8.78 Å². The van der Waals surface area contributed by atoms with Crippen molar-refractivity contribution < 1.29 is 8.78 Å². The van der Waals surface area contributed by atoms with E-state index in [0.717, 1.165) is 12.2 Å². The van der Waals surface area contributed by atoms with Crippen LogP contribution >= 0.6 is 11.6 Å². The Morgan fingerprint density at radius 1 is 1.56 bits per heavy atom. The van der Waals surface area contributed by atoms with Gasteiger partial charge in [0.15, 0.2) is 0 Å². The number of rotatable bonds is 0. The van der Waals surface area contributed by atoms with E-state index in [1.54, 1.807) is 0 Å². The van der Waals surface area contributed by atoms with Crippen molar-refractivity contribution in [1.29, 1.82) is 0 Å². The summed E-state index contributed by atoms with van der Waals surface area (Å²) < 4.78 is 24.4. The summed E-state index contributed by atoms with van der Waals surface area (Å²) in [5, 5.41) is 0.211. The molecule has 0 amide bonds. The largest absolute Gasteiger partial charge is 0.286 e. The molecule has 0 saturated heterocycles. The maximum atomic E-state index is 12.2. The number of halogens is 3. The van der Waals surface area contributed by atoms with Crippen molar-refractivity contribution in [1.82, 2.24) is 0 Å². The van der Waals surface area contributed by atoms with Crippen LogP contribution in [-0.4, -0.2) is 5.92 Å². The Hall–Kier alpha value is -0.370. The zero-order valence-electron chi connectivity index (χ0n) is 4.57. The van der Waals surface area contributed by atoms with Gasteiger partial charge in [0, 0.05) is 17.5 Å². The molecular formula is C6H5ClF2. The van der Waals surface area contributed by atoms with Crippen molar-refractivity contribution in [3.63, 3.8) is 0 Å². The molecule has 0 atom stereocenters. The van der Waals surface area contributed by atoms with Gasteiger partial charge in [-0.2, -0.15) is 8.78 Å². The highest BCUT2D eigenvalue weighted by Gasteiger charge is 2.23. The highest BCUT2D eigenvalue weighted by atomic mass is 35.5. The Bertz CT molecular complexity index is 170. The molecule has 0 aliphatic heterocycles. The molecule has 0 heterocycles. The summed E-state index contributed by atoms with van der Waals surface area (Å²) in [7, 11) is 0. The quantitative estimate of drug-likeness (QED) is 0.466. The SMILES string of the molecule is FC1(F)C=CCC(Cl)=C1. The summed E-state index contributed by atoms with van der Waals surface area (Å²) in [5.74, 6) is -2.82. The van der Waals surface area contributed by atoms with Crippen LogP contribution in [0.25, 0.3) is 0 Å². The molecule has 9 heavy (non-hydrogen) atoms. The molecule has 50 valence electrons. The first-order valence-electron chi connectivity index (χ1n) is 2.53. The smallest absolute Gasteiger partial charge is 0.197 e. The van der Waals surface area contributed by atoms with E-state index in [-0.39, 0.29) is 5.03 Å². The van der Waals surface area contributed by atoms with E-state index in [0.29, 0.717) is 6.42 Å². The topological polar surface area (TPSA) is 0 Å². The molecule has 1 aliphatic carbocycles. The number of hydrogen-bond donors (Lipinski definition) is 0. The fraction of sp³-hybridized carbons (Fsp3) is 0.333. The van der Waals surface area contributed by atoms with E-state index >= 15 is 0 Å². The average Bonchev–Trinajstić information content (AvgIpc) is 1.60. The summed E-state index contributed by atoms with van der Waals surface area (Å²) in [6.07, 6.45) is 3.40. The first-order valence-corrected chi connectivity index (χ1v) is 2.91. The summed E-state index contributed by atoms with van der Waals surface area (Å²) in [6, 6.07) is 0. The number of allylic oxidation sites excluding steroid dienone is 4. The Kier molecular flexibility index (Phi) is 1.58. The summed E-state index contributed by atoms with van der Waals surface area (Å²) in [5.41, 5.74) is 0. The Morgan fingerprint density at radius 3 is 2.56 bits per heavy atom. The molecule has 0 spiro atoms. The van der Waals surface area contributed by atoms with Gasteiger partial charge in [0.1, 0.15) is 0 Å². The average molecular weight is 151 g/mol. The maximum Gasteiger partial charge on any atom is 0.286 e. The molecular weight excluding hydrogens is 146 g/mol. The number of alkyl halides is 2. The van der Waals surface area contributed by atoms with Crippen LogP contribution in [0.15, 0.2) is 23.3 Å². The lowest BCUT2D eigenvalue weighted by Crippen LogP contribution is -2.10. The lowest BCUT2D eigenvalue weighted by molar-refractivity contribution is 0.109. The summed E-state index contributed by atoms with van der Waals surface area (Å²) in [6.45, 7) is 0. The second-order valence-corrected chi connectivity index (χ2v) is 2.36. The molecule has 0 aromatic carbocycles. The first kappa shape index (κ1) is 6.75. The predicted octanol–water partition coefficient (Wildman–Crippen LogP) is 2.70. The molecule has 0 N–H and O–H groups in total. The van der Waals surface area contributed by atoms with Crippen LogP contribution < -0.4 is 0 Å². The highest BCUT2D eigenvalue weighted by Crippen LogP contribution is 2.26. The van der Waals surface area contributed by atoms with Crippen molar-refractivity contribution >= 4 is 11.6 Å². The third-order valence-corrected chi connectivity index (χ3v) is 1.27. The van der Waals surface area contributed by atoms with Gasteiger partial charge in [0.05, 0.1) is 0 Å². The van der Waals surface area contributed by atoms with E-state index in [4.69, 9.17) is 11.6 Å². The van der Waals surface area contributed by atoms with Crippen molar-refractivity contribution in [3.8, 4) is 0 Å². The Morgan fingerprint density at radius 2 is 2.22 bits per heavy atom. The Balaban J connectivity index is 2.78. The van der Waals surface area contributed by atoms with Crippen LogP contribution in [0.1, 0.15) is 6.42 Å². The van der Waals surface area contributed by atoms with Gasteiger partial charge < -0.3 is 0 Å². The fourth-order valence-electron chi connectivity index (χ4n) is 0.644. The highest BCUT2D eigenvalue weighted by molar-refractivity contribution is 6.29. The van der Waals surface area contributed by atoms with Gasteiger partial charge in [-0.25, -0.2) is 0 Å². The number of hydrogen-bond acceptors (Lipinski definition) is 0. The summed E-state index contributed by atoms with van der Waals surface area (Å²) >= 11 is 5.33. The van der Waals surface area contributed by atoms with Crippen LogP contribution in [0.2, 0.25) is 0 Å². The van der Waals surface area contributed by atoms with Crippen LogP contribution in [0.5, 0.6) is 0 Å². The monoisotopic (exact) mass is 150 g/mol. The van der Waals surface area contributed by atoms with E-state index < -0.39 is 5.92 Å². The Labute approximate surface area is 56.8 Å². The molecule has 1 rings (SSSR count). The first-order chi connectivity index (χ1) is 4.10.